The average molecular weight is 552 g/mol. The Morgan fingerprint density at radius 1 is 0.949 bits per heavy atom. The monoisotopic (exact) mass is 551 g/mol. The van der Waals surface area contributed by atoms with Crippen LogP contribution in [0.25, 0.3) is 0 Å². The van der Waals surface area contributed by atoms with Crippen LogP contribution in [-0.2, 0) is 26.2 Å². The van der Waals surface area contributed by atoms with Crippen molar-refractivity contribution in [1.29, 1.82) is 0 Å². The van der Waals surface area contributed by atoms with Crippen molar-refractivity contribution in [2.75, 3.05) is 18.0 Å². The van der Waals surface area contributed by atoms with Crippen molar-refractivity contribution in [3.8, 4) is 5.75 Å². The second kappa shape index (κ2) is 13.3. The molecule has 0 saturated heterocycles. The molecule has 208 valence electrons. The lowest BCUT2D eigenvalue weighted by Crippen LogP contribution is -2.52. The number of para-hydroxylation sites is 1. The van der Waals surface area contributed by atoms with Crippen LogP contribution in [-0.4, -0.2) is 50.9 Å². The zero-order valence-corrected chi connectivity index (χ0v) is 23.9. The number of sulfonamides is 1. The third-order valence-corrected chi connectivity index (χ3v) is 8.38. The molecule has 0 unspecified atom stereocenters. The van der Waals surface area contributed by atoms with E-state index in [0.29, 0.717) is 11.4 Å². The summed E-state index contributed by atoms with van der Waals surface area (Å²) in [6, 6.07) is 21.3. The van der Waals surface area contributed by atoms with Crippen LogP contribution in [0.3, 0.4) is 0 Å². The van der Waals surface area contributed by atoms with Crippen LogP contribution in [0.4, 0.5) is 5.69 Å². The summed E-state index contributed by atoms with van der Waals surface area (Å²) in [5.74, 6) is -0.207. The maximum Gasteiger partial charge on any atom is 0.264 e. The summed E-state index contributed by atoms with van der Waals surface area (Å²) in [5, 5.41) is 2.93. The molecule has 0 heterocycles. The van der Waals surface area contributed by atoms with E-state index in [2.05, 4.69) is 5.32 Å². The van der Waals surface area contributed by atoms with Gasteiger partial charge in [-0.2, -0.15) is 0 Å². The van der Waals surface area contributed by atoms with Crippen LogP contribution in [0, 0.1) is 6.92 Å². The number of ether oxygens (including phenoxy) is 1. The fraction of sp³-hybridized carbons (Fsp3) is 0.333. The number of anilines is 1. The number of aryl methyl sites for hydroxylation is 1. The number of carbonyl (C=O) groups is 2. The average Bonchev–Trinajstić information content (AvgIpc) is 2.94. The molecule has 0 fully saturated rings. The molecule has 0 aliphatic carbocycles. The molecular weight excluding hydrogens is 514 g/mol. The molecule has 0 bridgehead atoms. The van der Waals surface area contributed by atoms with Crippen LogP contribution in [0.15, 0.2) is 83.8 Å². The molecule has 0 spiro atoms. The van der Waals surface area contributed by atoms with Crippen molar-refractivity contribution in [3.05, 3.63) is 90.0 Å². The minimum Gasteiger partial charge on any atom is -0.497 e. The standard InChI is InChI=1S/C30H37N3O5S/c1-6-23(3)31-30(35)24(4)32(20-25-11-10-14-27(19-25)38-5)29(34)21-33(26-12-8-7-9-13-26)39(36,37)28-17-15-22(2)16-18-28/h7-19,23-24H,6,20-21H2,1-5H3,(H,31,35)/t23-,24+/m0/s1. The second-order valence-corrected chi connectivity index (χ2v) is 11.4. The smallest absolute Gasteiger partial charge is 0.264 e. The van der Waals surface area contributed by atoms with Crippen LogP contribution in [0.5, 0.6) is 5.75 Å². The van der Waals surface area contributed by atoms with E-state index >= 15 is 0 Å². The Labute approximate surface area is 231 Å². The predicted octanol–water partition coefficient (Wildman–Crippen LogP) is 4.53. The quantitative estimate of drug-likeness (QED) is 0.357. The first kappa shape index (κ1) is 29.7. The number of hydrogen-bond acceptors (Lipinski definition) is 5. The highest BCUT2D eigenvalue weighted by atomic mass is 32.2. The maximum absolute atomic E-state index is 13.9. The Morgan fingerprint density at radius 2 is 1.62 bits per heavy atom. The molecule has 0 aliphatic rings. The number of amides is 2. The summed E-state index contributed by atoms with van der Waals surface area (Å²) in [5.41, 5.74) is 2.02. The zero-order valence-electron chi connectivity index (χ0n) is 23.1. The molecule has 8 nitrogen and oxygen atoms in total. The van der Waals surface area contributed by atoms with Crippen molar-refractivity contribution in [3.63, 3.8) is 0 Å². The Kier molecular flexibility index (Phi) is 10.1. The number of hydrogen-bond donors (Lipinski definition) is 1. The van der Waals surface area contributed by atoms with Gasteiger partial charge < -0.3 is 15.0 Å². The highest BCUT2D eigenvalue weighted by molar-refractivity contribution is 7.92. The second-order valence-electron chi connectivity index (χ2n) is 9.53. The Morgan fingerprint density at radius 3 is 2.23 bits per heavy atom. The topological polar surface area (TPSA) is 96.0 Å². The highest BCUT2D eigenvalue weighted by Crippen LogP contribution is 2.25. The molecule has 3 aromatic carbocycles. The van der Waals surface area contributed by atoms with Gasteiger partial charge in [-0.1, -0.05) is 55.0 Å². The van der Waals surface area contributed by atoms with E-state index in [9.17, 15) is 18.0 Å². The maximum atomic E-state index is 13.9. The van der Waals surface area contributed by atoms with Gasteiger partial charge in [0.2, 0.25) is 11.8 Å². The third kappa shape index (κ3) is 7.60. The van der Waals surface area contributed by atoms with Crippen molar-refractivity contribution in [1.82, 2.24) is 10.2 Å². The van der Waals surface area contributed by atoms with E-state index in [1.54, 1.807) is 74.7 Å². The van der Waals surface area contributed by atoms with Crippen LogP contribution in [0.2, 0.25) is 0 Å². The molecule has 2 atom stereocenters. The normalized spacial score (nSPS) is 12.7. The van der Waals surface area contributed by atoms with Gasteiger partial charge in [0, 0.05) is 12.6 Å². The van der Waals surface area contributed by atoms with Crippen LogP contribution < -0.4 is 14.4 Å². The van der Waals surface area contributed by atoms with E-state index in [0.717, 1.165) is 21.9 Å². The molecule has 0 aromatic heterocycles. The molecule has 0 aliphatic heterocycles. The Bertz CT molecular complexity index is 1360. The summed E-state index contributed by atoms with van der Waals surface area (Å²) in [4.78, 5) is 28.5. The van der Waals surface area contributed by atoms with E-state index in [1.807, 2.05) is 26.8 Å². The van der Waals surface area contributed by atoms with Gasteiger partial charge in [-0.15, -0.1) is 0 Å². The minimum atomic E-state index is -4.09. The van der Waals surface area contributed by atoms with Gasteiger partial charge in [-0.05, 0) is 69.2 Å². The SMILES string of the molecule is CC[C@H](C)NC(=O)[C@@H](C)N(Cc1cccc(OC)c1)C(=O)CN(c1ccccc1)S(=O)(=O)c1ccc(C)cc1. The predicted molar refractivity (Wildman–Crippen MR) is 153 cm³/mol. The van der Waals surface area contributed by atoms with E-state index in [-0.39, 0.29) is 23.4 Å². The van der Waals surface area contributed by atoms with Gasteiger partial charge in [0.05, 0.1) is 17.7 Å². The minimum absolute atomic E-state index is 0.0727. The lowest BCUT2D eigenvalue weighted by molar-refractivity contribution is -0.139. The van der Waals surface area contributed by atoms with Gasteiger partial charge in [0.15, 0.2) is 0 Å². The number of rotatable bonds is 12. The molecule has 3 rings (SSSR count). The molecule has 3 aromatic rings. The zero-order chi connectivity index (χ0) is 28.6. The lowest BCUT2D eigenvalue weighted by Gasteiger charge is -2.32. The fourth-order valence-corrected chi connectivity index (χ4v) is 5.39. The first-order valence-electron chi connectivity index (χ1n) is 12.9. The van der Waals surface area contributed by atoms with Gasteiger partial charge >= 0.3 is 0 Å². The number of carbonyl (C=O) groups excluding carboxylic acids is 2. The van der Waals surface area contributed by atoms with Crippen LogP contribution >= 0.6 is 0 Å². The van der Waals surface area contributed by atoms with Gasteiger partial charge in [0.25, 0.3) is 10.0 Å². The summed E-state index contributed by atoms with van der Waals surface area (Å²) in [7, 11) is -2.53. The first-order valence-corrected chi connectivity index (χ1v) is 14.4. The first-order chi connectivity index (χ1) is 18.6. The highest BCUT2D eigenvalue weighted by Gasteiger charge is 2.32. The number of methoxy groups -OCH3 is 1. The molecule has 2 amide bonds. The molecule has 9 heteroatoms. The number of nitrogens with one attached hydrogen (secondary N) is 1. The number of nitrogens with zero attached hydrogens (tertiary/aromatic N) is 2. The van der Waals surface area contributed by atoms with Gasteiger partial charge in [-0.25, -0.2) is 8.42 Å². The molecule has 39 heavy (non-hydrogen) atoms. The van der Waals surface area contributed by atoms with E-state index in [1.165, 1.54) is 17.0 Å². The fourth-order valence-electron chi connectivity index (χ4n) is 3.98. The van der Waals surface area contributed by atoms with Crippen molar-refractivity contribution in [2.45, 2.75) is 57.6 Å². The van der Waals surface area contributed by atoms with Gasteiger partial charge in [0.1, 0.15) is 18.3 Å². The summed E-state index contributed by atoms with van der Waals surface area (Å²) < 4.78 is 34.0. The largest absolute Gasteiger partial charge is 0.497 e. The van der Waals surface area contributed by atoms with Crippen molar-refractivity contribution >= 4 is 27.5 Å². The van der Waals surface area contributed by atoms with Crippen molar-refractivity contribution < 1.29 is 22.7 Å². The van der Waals surface area contributed by atoms with E-state index in [4.69, 9.17) is 4.74 Å². The molecule has 1 N–H and O–H groups in total. The molecular formula is C30H37N3O5S. The summed E-state index contributed by atoms with van der Waals surface area (Å²) in [6.07, 6.45) is 0.735. The van der Waals surface area contributed by atoms with Gasteiger partial charge in [-0.3, -0.25) is 13.9 Å². The molecule has 0 radical (unpaired) electrons. The lowest BCUT2D eigenvalue weighted by atomic mass is 10.1. The summed E-state index contributed by atoms with van der Waals surface area (Å²) in [6.45, 7) is 6.99. The van der Waals surface area contributed by atoms with E-state index < -0.39 is 28.5 Å². The van der Waals surface area contributed by atoms with Crippen LogP contribution in [0.1, 0.15) is 38.3 Å². The Balaban J connectivity index is 2.00. The number of benzene rings is 3. The molecule has 0 saturated carbocycles. The summed E-state index contributed by atoms with van der Waals surface area (Å²) >= 11 is 0. The Hall–Kier alpha value is -3.85. The third-order valence-electron chi connectivity index (χ3n) is 6.59. The van der Waals surface area contributed by atoms with Crippen molar-refractivity contribution in [2.24, 2.45) is 0 Å².